The van der Waals surface area contributed by atoms with Crippen LogP contribution in [0.3, 0.4) is 0 Å². The first-order valence-electron chi connectivity index (χ1n) is 8.75. The minimum Gasteiger partial charge on any atom is -0.478 e. The second kappa shape index (κ2) is 15.7. The van der Waals surface area contributed by atoms with E-state index in [2.05, 4.69) is 11.3 Å². The molecule has 0 rings (SSSR count). The molecule has 152 valence electrons. The molecule has 0 saturated heterocycles. The minimum absolute atomic E-state index is 0.347. The number of rotatable bonds is 12. The van der Waals surface area contributed by atoms with E-state index in [1.165, 1.54) is 7.11 Å². The van der Waals surface area contributed by atoms with Crippen molar-refractivity contribution in [3.8, 4) is 0 Å². The van der Waals surface area contributed by atoms with Crippen LogP contribution in [0.5, 0.6) is 0 Å². The first-order chi connectivity index (χ1) is 12.2. The normalized spacial score (nSPS) is 11.4. The van der Waals surface area contributed by atoms with Gasteiger partial charge < -0.3 is 23.1 Å². The number of aliphatic carboxylic acids is 1. The van der Waals surface area contributed by atoms with Crippen molar-refractivity contribution in [1.29, 1.82) is 0 Å². The van der Waals surface area contributed by atoms with Gasteiger partial charge in [0.15, 0.2) is 0 Å². The van der Waals surface area contributed by atoms with Gasteiger partial charge in [-0.25, -0.2) is 9.59 Å². The fourth-order valence-corrected chi connectivity index (χ4v) is 4.54. The molecule has 0 saturated carbocycles. The summed E-state index contributed by atoms with van der Waals surface area (Å²) in [6, 6.07) is 0.714. The van der Waals surface area contributed by atoms with Crippen LogP contribution in [0.25, 0.3) is 0 Å². The molecule has 26 heavy (non-hydrogen) atoms. The van der Waals surface area contributed by atoms with Crippen LogP contribution < -0.4 is 0 Å². The van der Waals surface area contributed by atoms with Crippen LogP contribution >= 0.6 is 0 Å². The Bertz CT molecular complexity index is 443. The molecule has 0 heterocycles. The Morgan fingerprint density at radius 2 is 1.50 bits per heavy atom. The maximum absolute atomic E-state index is 10.7. The van der Waals surface area contributed by atoms with Crippen LogP contribution in [-0.4, -0.2) is 52.8 Å². The van der Waals surface area contributed by atoms with Crippen molar-refractivity contribution in [2.24, 2.45) is 0 Å². The topological polar surface area (TPSA) is 91.3 Å². The average Bonchev–Trinajstić information content (AvgIpc) is 2.58. The number of allylic oxidation sites excluding steroid dienone is 1. The highest BCUT2D eigenvalue weighted by molar-refractivity contribution is 6.60. The molecular formula is C18H34O7Si. The quantitative estimate of drug-likeness (QED) is 0.236. The minimum atomic E-state index is -2.57. The van der Waals surface area contributed by atoms with Crippen LogP contribution in [0, 0.1) is 0 Å². The SMILES string of the molecule is C=C(C)C(=O)OC.CCO[Si](CCCC=C(C)C(=O)O)(OCC)OCC. The van der Waals surface area contributed by atoms with Crippen LogP contribution in [0.4, 0.5) is 0 Å². The smallest absolute Gasteiger partial charge is 0.478 e. The van der Waals surface area contributed by atoms with E-state index in [0.29, 0.717) is 43.4 Å². The van der Waals surface area contributed by atoms with Crippen molar-refractivity contribution in [2.75, 3.05) is 26.9 Å². The summed E-state index contributed by atoms with van der Waals surface area (Å²) in [4.78, 5) is 20.9. The Balaban J connectivity index is 0. The van der Waals surface area contributed by atoms with Crippen molar-refractivity contribution in [3.05, 3.63) is 23.8 Å². The predicted octanol–water partition coefficient (Wildman–Crippen LogP) is 3.58. The lowest BCUT2D eigenvalue weighted by Crippen LogP contribution is -2.45. The molecule has 7 nitrogen and oxygen atoms in total. The first-order valence-corrected chi connectivity index (χ1v) is 10.7. The van der Waals surface area contributed by atoms with E-state index in [0.717, 1.165) is 6.42 Å². The maximum atomic E-state index is 10.7. The first kappa shape index (κ1) is 26.7. The van der Waals surface area contributed by atoms with Gasteiger partial charge in [-0.05, 0) is 47.5 Å². The summed E-state index contributed by atoms with van der Waals surface area (Å²) in [5, 5.41) is 8.76. The van der Waals surface area contributed by atoms with Crippen molar-refractivity contribution < 1.29 is 32.7 Å². The van der Waals surface area contributed by atoms with Gasteiger partial charge in [0.25, 0.3) is 0 Å². The zero-order valence-electron chi connectivity index (χ0n) is 16.9. The molecule has 0 aromatic carbocycles. The second-order valence-electron chi connectivity index (χ2n) is 5.34. The highest BCUT2D eigenvalue weighted by Crippen LogP contribution is 2.19. The number of carboxylic acid groups (broad SMARTS) is 1. The highest BCUT2D eigenvalue weighted by Gasteiger charge is 2.39. The molecular weight excluding hydrogens is 356 g/mol. The van der Waals surface area contributed by atoms with E-state index < -0.39 is 14.8 Å². The Morgan fingerprint density at radius 1 is 1.04 bits per heavy atom. The van der Waals surface area contributed by atoms with Gasteiger partial charge in [0.1, 0.15) is 0 Å². The van der Waals surface area contributed by atoms with E-state index >= 15 is 0 Å². The Kier molecular flexibility index (Phi) is 16.2. The third kappa shape index (κ3) is 12.8. The van der Waals surface area contributed by atoms with Crippen molar-refractivity contribution in [2.45, 2.75) is 53.5 Å². The monoisotopic (exact) mass is 390 g/mol. The molecule has 1 N–H and O–H groups in total. The molecule has 0 unspecified atom stereocenters. The summed E-state index contributed by atoms with van der Waals surface area (Å²) >= 11 is 0. The van der Waals surface area contributed by atoms with Gasteiger partial charge in [-0.15, -0.1) is 0 Å². The summed E-state index contributed by atoms with van der Waals surface area (Å²) < 4.78 is 21.4. The molecule has 0 spiro atoms. The lowest BCUT2D eigenvalue weighted by molar-refractivity contribution is -0.136. The van der Waals surface area contributed by atoms with E-state index in [-0.39, 0.29) is 5.97 Å². The average molecular weight is 391 g/mol. The number of unbranched alkanes of at least 4 members (excludes halogenated alkanes) is 1. The largest absolute Gasteiger partial charge is 0.500 e. The molecule has 8 heteroatoms. The Morgan fingerprint density at radius 3 is 1.77 bits per heavy atom. The summed E-state index contributed by atoms with van der Waals surface area (Å²) in [5.41, 5.74) is 0.805. The Labute approximate surface area is 158 Å². The van der Waals surface area contributed by atoms with Gasteiger partial charge in [0, 0.05) is 37.0 Å². The van der Waals surface area contributed by atoms with Gasteiger partial charge >= 0.3 is 20.7 Å². The van der Waals surface area contributed by atoms with Gasteiger partial charge in [0.05, 0.1) is 7.11 Å². The third-order valence-corrected chi connectivity index (χ3v) is 6.25. The van der Waals surface area contributed by atoms with Crippen LogP contribution in [0.15, 0.2) is 23.8 Å². The van der Waals surface area contributed by atoms with Gasteiger partial charge in [-0.3, -0.25) is 0 Å². The highest BCUT2D eigenvalue weighted by atomic mass is 28.4. The fourth-order valence-electron chi connectivity index (χ4n) is 1.90. The molecule has 0 amide bonds. The maximum Gasteiger partial charge on any atom is 0.500 e. The number of hydrogen-bond acceptors (Lipinski definition) is 6. The second-order valence-corrected chi connectivity index (χ2v) is 8.07. The summed E-state index contributed by atoms with van der Waals surface area (Å²) in [7, 11) is -1.24. The summed E-state index contributed by atoms with van der Waals surface area (Å²) in [6.07, 6.45) is 3.22. The van der Waals surface area contributed by atoms with Gasteiger partial charge in [-0.2, -0.15) is 0 Å². The zero-order valence-corrected chi connectivity index (χ0v) is 17.9. The molecule has 0 atom stereocenters. The van der Waals surface area contributed by atoms with Crippen molar-refractivity contribution >= 4 is 20.7 Å². The molecule has 0 aliphatic rings. The molecule has 0 aliphatic carbocycles. The molecule has 0 aromatic heterocycles. The number of carboxylic acids is 1. The lowest BCUT2D eigenvalue weighted by atomic mass is 10.2. The molecule has 0 aromatic rings. The van der Waals surface area contributed by atoms with Crippen molar-refractivity contribution in [3.63, 3.8) is 0 Å². The van der Waals surface area contributed by atoms with Gasteiger partial charge in [-0.1, -0.05) is 12.7 Å². The Hall–Kier alpha value is -1.48. The molecule has 0 fully saturated rings. The third-order valence-electron chi connectivity index (χ3n) is 3.10. The number of esters is 1. The zero-order chi connectivity index (χ0) is 20.6. The summed E-state index contributed by atoms with van der Waals surface area (Å²) in [5.74, 6) is -1.22. The fraction of sp³-hybridized carbons (Fsp3) is 0.667. The van der Waals surface area contributed by atoms with E-state index in [1.54, 1.807) is 19.9 Å². The molecule has 0 radical (unpaired) electrons. The van der Waals surface area contributed by atoms with E-state index in [1.807, 2.05) is 20.8 Å². The van der Waals surface area contributed by atoms with Crippen LogP contribution in [-0.2, 0) is 27.6 Å². The van der Waals surface area contributed by atoms with Crippen molar-refractivity contribution in [1.82, 2.24) is 0 Å². The van der Waals surface area contributed by atoms with Crippen LogP contribution in [0.1, 0.15) is 47.5 Å². The number of ether oxygens (including phenoxy) is 1. The van der Waals surface area contributed by atoms with Crippen LogP contribution in [0.2, 0.25) is 6.04 Å². The molecule has 0 bridgehead atoms. The summed E-state index contributed by atoms with van der Waals surface area (Å²) in [6.45, 7) is 14.0. The molecule has 0 aliphatic heterocycles. The number of methoxy groups -OCH3 is 1. The van der Waals surface area contributed by atoms with E-state index in [4.69, 9.17) is 18.4 Å². The number of carbonyl (C=O) groups is 2. The van der Waals surface area contributed by atoms with Gasteiger partial charge in [0.2, 0.25) is 0 Å². The standard InChI is InChI=1S/C13H26O5Si.C5H8O2/c1-5-16-19(17-6-2,18-7-3)11-9-8-10-12(4)13(14)15;1-4(2)5(6)7-3/h10H,5-9,11H2,1-4H3,(H,14,15);1H2,2-3H3. The lowest BCUT2D eigenvalue weighted by Gasteiger charge is -2.28. The number of hydrogen-bond donors (Lipinski definition) is 1. The number of carbonyl (C=O) groups excluding carboxylic acids is 1. The van der Waals surface area contributed by atoms with E-state index in [9.17, 15) is 9.59 Å². The predicted molar refractivity (Wildman–Crippen MR) is 103 cm³/mol.